The van der Waals surface area contributed by atoms with Crippen LogP contribution in [0.1, 0.15) is 31.9 Å². The molecular weight excluding hydrogens is 378 g/mol. The Labute approximate surface area is 179 Å². The minimum Gasteiger partial charge on any atom is -0.497 e. The Morgan fingerprint density at radius 1 is 1.17 bits per heavy atom. The van der Waals surface area contributed by atoms with Crippen LogP contribution in [-0.2, 0) is 17.8 Å². The lowest BCUT2D eigenvalue weighted by atomic mass is 10.2. The van der Waals surface area contributed by atoms with E-state index < -0.39 is 0 Å². The minimum atomic E-state index is 0.221. The summed E-state index contributed by atoms with van der Waals surface area (Å²) in [5.41, 5.74) is 2.21. The molecule has 0 spiro atoms. The molecule has 7 heteroatoms. The van der Waals surface area contributed by atoms with Gasteiger partial charge in [0.15, 0.2) is 5.96 Å². The van der Waals surface area contributed by atoms with Gasteiger partial charge >= 0.3 is 0 Å². The SMILES string of the molecule is CCNC(=NCc1ccc(N2CC(C)OC(C)C2)nc1)NCc1cccc(OC)c1. The second kappa shape index (κ2) is 10.8. The molecule has 3 rings (SSSR count). The zero-order valence-electron chi connectivity index (χ0n) is 18.4. The summed E-state index contributed by atoms with van der Waals surface area (Å²) in [4.78, 5) is 11.6. The normalized spacial score (nSPS) is 19.5. The average molecular weight is 412 g/mol. The number of pyridine rings is 1. The molecule has 2 heterocycles. The van der Waals surface area contributed by atoms with Crippen LogP contribution in [0.4, 0.5) is 5.82 Å². The molecule has 2 unspecified atom stereocenters. The van der Waals surface area contributed by atoms with E-state index in [-0.39, 0.29) is 12.2 Å². The first kappa shape index (κ1) is 21.9. The lowest BCUT2D eigenvalue weighted by Crippen LogP contribution is -2.45. The summed E-state index contributed by atoms with van der Waals surface area (Å²) in [6, 6.07) is 12.2. The van der Waals surface area contributed by atoms with E-state index in [1.54, 1.807) is 7.11 Å². The maximum Gasteiger partial charge on any atom is 0.191 e. The van der Waals surface area contributed by atoms with Crippen molar-refractivity contribution in [1.29, 1.82) is 0 Å². The van der Waals surface area contributed by atoms with Crippen LogP contribution in [0.2, 0.25) is 0 Å². The van der Waals surface area contributed by atoms with E-state index in [0.29, 0.717) is 13.1 Å². The molecule has 30 heavy (non-hydrogen) atoms. The number of nitrogens with zero attached hydrogens (tertiary/aromatic N) is 3. The lowest BCUT2D eigenvalue weighted by molar-refractivity contribution is -0.00545. The first-order valence-electron chi connectivity index (χ1n) is 10.6. The third-order valence-electron chi connectivity index (χ3n) is 4.91. The second-order valence-electron chi connectivity index (χ2n) is 7.59. The van der Waals surface area contributed by atoms with Crippen molar-refractivity contribution in [3.63, 3.8) is 0 Å². The van der Waals surface area contributed by atoms with Crippen molar-refractivity contribution in [3.05, 3.63) is 53.7 Å². The molecule has 2 N–H and O–H groups in total. The van der Waals surface area contributed by atoms with Gasteiger partial charge < -0.3 is 25.0 Å². The summed E-state index contributed by atoms with van der Waals surface area (Å²) >= 11 is 0. The summed E-state index contributed by atoms with van der Waals surface area (Å²) < 4.78 is 11.1. The van der Waals surface area contributed by atoms with Crippen LogP contribution in [0, 0.1) is 0 Å². The number of hydrogen-bond acceptors (Lipinski definition) is 5. The molecule has 1 saturated heterocycles. The molecular formula is C23H33N5O2. The number of ether oxygens (including phenoxy) is 2. The molecule has 1 aliphatic heterocycles. The fraction of sp³-hybridized carbons (Fsp3) is 0.478. The number of aliphatic imine (C=N–C) groups is 1. The smallest absolute Gasteiger partial charge is 0.191 e. The van der Waals surface area contributed by atoms with Crippen LogP contribution in [0.3, 0.4) is 0 Å². The fourth-order valence-electron chi connectivity index (χ4n) is 3.54. The number of aromatic nitrogens is 1. The number of anilines is 1. The second-order valence-corrected chi connectivity index (χ2v) is 7.59. The van der Waals surface area contributed by atoms with Crippen molar-refractivity contribution in [1.82, 2.24) is 15.6 Å². The van der Waals surface area contributed by atoms with E-state index in [2.05, 4.69) is 59.5 Å². The Morgan fingerprint density at radius 2 is 1.97 bits per heavy atom. The van der Waals surface area contributed by atoms with Crippen molar-refractivity contribution < 1.29 is 9.47 Å². The number of rotatable bonds is 7. The molecule has 162 valence electrons. The number of guanidine groups is 1. The minimum absolute atomic E-state index is 0.221. The first-order chi connectivity index (χ1) is 14.6. The Bertz CT molecular complexity index is 815. The molecule has 1 fully saturated rings. The maximum absolute atomic E-state index is 5.81. The van der Waals surface area contributed by atoms with Crippen molar-refractivity contribution in [2.75, 3.05) is 31.6 Å². The van der Waals surface area contributed by atoms with E-state index in [9.17, 15) is 0 Å². The summed E-state index contributed by atoms with van der Waals surface area (Å²) in [5.74, 6) is 2.62. The largest absolute Gasteiger partial charge is 0.497 e. The number of nitrogens with one attached hydrogen (secondary N) is 2. The van der Waals surface area contributed by atoms with Crippen LogP contribution >= 0.6 is 0 Å². The maximum atomic E-state index is 5.81. The van der Waals surface area contributed by atoms with E-state index in [1.807, 2.05) is 24.4 Å². The summed E-state index contributed by atoms with van der Waals surface area (Å²) in [5, 5.41) is 6.66. The molecule has 0 radical (unpaired) electrons. The molecule has 2 atom stereocenters. The van der Waals surface area contributed by atoms with Gasteiger partial charge in [0, 0.05) is 32.4 Å². The topological polar surface area (TPSA) is 71.0 Å². The van der Waals surface area contributed by atoms with Gasteiger partial charge in [-0.3, -0.25) is 0 Å². The van der Waals surface area contributed by atoms with Crippen molar-refractivity contribution in [3.8, 4) is 5.75 Å². The Balaban J connectivity index is 1.58. The number of hydrogen-bond donors (Lipinski definition) is 2. The van der Waals surface area contributed by atoms with Crippen LogP contribution in [0.5, 0.6) is 5.75 Å². The molecule has 0 aliphatic carbocycles. The van der Waals surface area contributed by atoms with Crippen LogP contribution in [-0.4, -0.2) is 49.9 Å². The predicted octanol–water partition coefficient (Wildman–Crippen LogP) is 2.96. The van der Waals surface area contributed by atoms with Gasteiger partial charge in [-0.15, -0.1) is 0 Å². The average Bonchev–Trinajstić information content (AvgIpc) is 2.75. The van der Waals surface area contributed by atoms with E-state index >= 15 is 0 Å². The zero-order valence-corrected chi connectivity index (χ0v) is 18.4. The predicted molar refractivity (Wildman–Crippen MR) is 121 cm³/mol. The third-order valence-corrected chi connectivity index (χ3v) is 4.91. The molecule has 1 aromatic carbocycles. The van der Waals surface area contributed by atoms with Crippen LogP contribution in [0.15, 0.2) is 47.6 Å². The highest BCUT2D eigenvalue weighted by atomic mass is 16.5. The van der Waals surface area contributed by atoms with Gasteiger partial charge in [0.1, 0.15) is 11.6 Å². The van der Waals surface area contributed by atoms with Gasteiger partial charge in [-0.25, -0.2) is 9.98 Å². The van der Waals surface area contributed by atoms with Gasteiger partial charge in [0.2, 0.25) is 0 Å². The number of morpholine rings is 1. The molecule has 0 saturated carbocycles. The first-order valence-corrected chi connectivity index (χ1v) is 10.6. The molecule has 1 aromatic heterocycles. The van der Waals surface area contributed by atoms with Gasteiger partial charge in [0.05, 0.1) is 25.9 Å². The molecule has 2 aromatic rings. The summed E-state index contributed by atoms with van der Waals surface area (Å²) in [6.07, 6.45) is 2.35. The Morgan fingerprint density at radius 3 is 2.63 bits per heavy atom. The van der Waals surface area contributed by atoms with E-state index in [0.717, 1.165) is 48.3 Å². The number of methoxy groups -OCH3 is 1. The lowest BCUT2D eigenvalue weighted by Gasteiger charge is -2.36. The number of benzene rings is 1. The molecule has 0 bridgehead atoms. The van der Waals surface area contributed by atoms with Crippen molar-refractivity contribution in [2.24, 2.45) is 4.99 Å². The highest BCUT2D eigenvalue weighted by Crippen LogP contribution is 2.18. The third kappa shape index (κ3) is 6.35. The molecule has 0 amide bonds. The summed E-state index contributed by atoms with van der Waals surface area (Å²) in [6.45, 7) is 10.0. The monoisotopic (exact) mass is 411 g/mol. The fourth-order valence-corrected chi connectivity index (χ4v) is 3.54. The highest BCUT2D eigenvalue weighted by molar-refractivity contribution is 5.79. The Hall–Kier alpha value is -2.80. The van der Waals surface area contributed by atoms with Gasteiger partial charge in [-0.1, -0.05) is 18.2 Å². The van der Waals surface area contributed by atoms with Gasteiger partial charge in [-0.05, 0) is 50.1 Å². The zero-order chi connectivity index (χ0) is 21.3. The van der Waals surface area contributed by atoms with Gasteiger partial charge in [0.25, 0.3) is 0 Å². The van der Waals surface area contributed by atoms with Crippen LogP contribution in [0.25, 0.3) is 0 Å². The standard InChI is InChI=1S/C23H33N5O2/c1-5-24-23(26-12-19-7-6-8-21(11-19)29-4)27-14-20-9-10-22(25-13-20)28-15-17(2)30-18(3)16-28/h6-11,13,17-18H,5,12,14-16H2,1-4H3,(H2,24,26,27). The Kier molecular flexibility index (Phi) is 7.90. The van der Waals surface area contributed by atoms with Crippen molar-refractivity contribution >= 4 is 11.8 Å². The summed E-state index contributed by atoms with van der Waals surface area (Å²) in [7, 11) is 1.68. The molecule has 7 nitrogen and oxygen atoms in total. The highest BCUT2D eigenvalue weighted by Gasteiger charge is 2.22. The van der Waals surface area contributed by atoms with Crippen LogP contribution < -0.4 is 20.3 Å². The molecule has 1 aliphatic rings. The van der Waals surface area contributed by atoms with E-state index in [4.69, 9.17) is 14.5 Å². The quantitative estimate of drug-likeness (QED) is 0.539. The van der Waals surface area contributed by atoms with Gasteiger partial charge in [-0.2, -0.15) is 0 Å². The van der Waals surface area contributed by atoms with E-state index in [1.165, 1.54) is 0 Å². The van der Waals surface area contributed by atoms with Crippen molar-refractivity contribution in [2.45, 2.75) is 46.1 Å².